The van der Waals surface area contributed by atoms with Gasteiger partial charge in [0.2, 0.25) is 0 Å². The van der Waals surface area contributed by atoms with Crippen LogP contribution in [0.5, 0.6) is 0 Å². The van der Waals surface area contributed by atoms with Crippen LogP contribution >= 0.6 is 0 Å². The molecule has 0 aliphatic heterocycles. The number of aromatic nitrogens is 1. The molecule has 2 nitrogen and oxygen atoms in total. The number of nitrogens with zero attached hydrogens (tertiary/aromatic N) is 1. The lowest BCUT2D eigenvalue weighted by molar-refractivity contribution is 1.27. The van der Waals surface area contributed by atoms with Crippen LogP contribution < -0.4 is 5.73 Å². The predicted molar refractivity (Wildman–Crippen MR) is 39.1 cm³/mol. The van der Waals surface area contributed by atoms with E-state index >= 15 is 0 Å². The van der Waals surface area contributed by atoms with Crippen LogP contribution in [0.1, 0.15) is 5.56 Å². The minimum atomic E-state index is 1.21. The molecule has 0 fully saturated rings. The third-order valence-corrected chi connectivity index (χ3v) is 0.809. The van der Waals surface area contributed by atoms with Gasteiger partial charge in [-0.2, -0.15) is 0 Å². The number of pyridine rings is 1. The van der Waals surface area contributed by atoms with Gasteiger partial charge in [0.25, 0.3) is 0 Å². The van der Waals surface area contributed by atoms with Crippen molar-refractivity contribution in [1.29, 1.82) is 0 Å². The van der Waals surface area contributed by atoms with Crippen molar-refractivity contribution in [3.63, 3.8) is 0 Å². The molecule has 0 saturated heterocycles. The molecule has 2 N–H and O–H groups in total. The highest BCUT2D eigenvalue weighted by Crippen LogP contribution is 1.88. The first-order chi connectivity index (χ1) is 4.39. The van der Waals surface area contributed by atoms with Crippen molar-refractivity contribution in [2.45, 2.75) is 6.92 Å². The first-order valence-electron chi connectivity index (χ1n) is 2.84. The molecule has 50 valence electrons. The minimum absolute atomic E-state index is 1.21. The highest BCUT2D eigenvalue weighted by molar-refractivity contribution is 5.04. The van der Waals surface area contributed by atoms with E-state index in [-0.39, 0.29) is 0 Å². The van der Waals surface area contributed by atoms with Crippen molar-refractivity contribution in [2.75, 3.05) is 7.05 Å². The Bertz CT molecular complexity index is 137. The molecular weight excluding hydrogens is 112 g/mol. The monoisotopic (exact) mass is 124 g/mol. The Hall–Kier alpha value is -0.890. The fraction of sp³-hybridized carbons (Fsp3) is 0.286. The van der Waals surface area contributed by atoms with Gasteiger partial charge in [0.05, 0.1) is 0 Å². The maximum atomic E-state index is 4.50. The van der Waals surface area contributed by atoms with E-state index in [0.29, 0.717) is 0 Å². The van der Waals surface area contributed by atoms with Crippen molar-refractivity contribution >= 4 is 0 Å². The van der Waals surface area contributed by atoms with E-state index in [1.165, 1.54) is 12.6 Å². The van der Waals surface area contributed by atoms with Crippen molar-refractivity contribution in [2.24, 2.45) is 5.73 Å². The molecule has 1 rings (SSSR count). The number of aryl methyl sites for hydroxylation is 1. The molecule has 9 heavy (non-hydrogen) atoms. The maximum Gasteiger partial charge on any atom is 0.0297 e. The zero-order valence-electron chi connectivity index (χ0n) is 5.83. The van der Waals surface area contributed by atoms with Crippen LogP contribution in [-0.2, 0) is 0 Å². The Balaban J connectivity index is 0.000000291. The van der Waals surface area contributed by atoms with Crippen molar-refractivity contribution in [3.05, 3.63) is 30.1 Å². The molecule has 1 aromatic rings. The second kappa shape index (κ2) is 5.25. The Kier molecular flexibility index (Phi) is 4.73. The van der Waals surface area contributed by atoms with Crippen molar-refractivity contribution < 1.29 is 0 Å². The molecule has 1 aromatic heterocycles. The average molecular weight is 124 g/mol. The summed E-state index contributed by atoms with van der Waals surface area (Å²) in [6.45, 7) is 2.02. The highest BCUT2D eigenvalue weighted by Gasteiger charge is 1.73. The maximum absolute atomic E-state index is 4.50. The van der Waals surface area contributed by atoms with Gasteiger partial charge < -0.3 is 5.73 Å². The summed E-state index contributed by atoms with van der Waals surface area (Å²) >= 11 is 0. The van der Waals surface area contributed by atoms with Crippen LogP contribution in [0.3, 0.4) is 0 Å². The van der Waals surface area contributed by atoms with E-state index in [1.807, 2.05) is 25.3 Å². The molecule has 0 unspecified atom stereocenters. The molecule has 0 atom stereocenters. The van der Waals surface area contributed by atoms with Crippen LogP contribution in [0.25, 0.3) is 0 Å². The lowest BCUT2D eigenvalue weighted by Gasteiger charge is -1.82. The van der Waals surface area contributed by atoms with E-state index < -0.39 is 0 Å². The van der Waals surface area contributed by atoms with Gasteiger partial charge in [-0.1, -0.05) is 6.07 Å². The highest BCUT2D eigenvalue weighted by atomic mass is 14.6. The first kappa shape index (κ1) is 8.11. The summed E-state index contributed by atoms with van der Waals surface area (Å²) in [4.78, 5) is 3.88. The zero-order valence-corrected chi connectivity index (χ0v) is 5.83. The summed E-state index contributed by atoms with van der Waals surface area (Å²) in [5.41, 5.74) is 5.71. The van der Waals surface area contributed by atoms with Gasteiger partial charge in [-0.15, -0.1) is 0 Å². The number of rotatable bonds is 0. The molecule has 0 bridgehead atoms. The molecular formula is C7H12N2. The lowest BCUT2D eigenvalue weighted by atomic mass is 10.3. The summed E-state index contributed by atoms with van der Waals surface area (Å²) in [6.07, 6.45) is 3.60. The largest absolute Gasteiger partial charge is 0.333 e. The van der Waals surface area contributed by atoms with Gasteiger partial charge in [0.1, 0.15) is 0 Å². The lowest BCUT2D eigenvalue weighted by Crippen LogP contribution is -1.69. The Labute approximate surface area is 55.7 Å². The molecule has 0 amide bonds. The average Bonchev–Trinajstić information content (AvgIpc) is 1.94. The van der Waals surface area contributed by atoms with E-state index in [1.54, 1.807) is 6.20 Å². The van der Waals surface area contributed by atoms with Crippen molar-refractivity contribution in [1.82, 2.24) is 4.98 Å². The molecule has 0 aliphatic rings. The van der Waals surface area contributed by atoms with Crippen molar-refractivity contribution in [3.8, 4) is 0 Å². The second-order valence-corrected chi connectivity index (χ2v) is 1.53. The normalized spacial score (nSPS) is 7.44. The molecule has 1 heterocycles. The zero-order chi connectivity index (χ0) is 7.11. The quantitative estimate of drug-likeness (QED) is 0.559. The number of nitrogens with two attached hydrogens (primary N) is 1. The molecule has 0 aliphatic carbocycles. The van der Waals surface area contributed by atoms with Crippen LogP contribution in [-0.4, -0.2) is 12.0 Å². The van der Waals surface area contributed by atoms with Crippen LogP contribution in [0, 0.1) is 6.92 Å². The third-order valence-electron chi connectivity index (χ3n) is 0.809. The SMILES string of the molecule is CN.Cc1cccnc1. The molecule has 2 heteroatoms. The van der Waals surface area contributed by atoms with E-state index in [0.717, 1.165) is 0 Å². The molecule has 0 aromatic carbocycles. The van der Waals surface area contributed by atoms with Gasteiger partial charge in [0.15, 0.2) is 0 Å². The fourth-order valence-corrected chi connectivity index (χ4v) is 0.448. The fourth-order valence-electron chi connectivity index (χ4n) is 0.448. The van der Waals surface area contributed by atoms with E-state index in [4.69, 9.17) is 0 Å². The van der Waals surface area contributed by atoms with Gasteiger partial charge in [-0.05, 0) is 25.6 Å². The second-order valence-electron chi connectivity index (χ2n) is 1.53. The van der Waals surface area contributed by atoms with Crippen LogP contribution in [0.15, 0.2) is 24.5 Å². The van der Waals surface area contributed by atoms with E-state index in [9.17, 15) is 0 Å². The molecule has 0 saturated carbocycles. The molecule has 0 radical (unpaired) electrons. The number of hydrogen-bond donors (Lipinski definition) is 1. The van der Waals surface area contributed by atoms with Crippen LogP contribution in [0.2, 0.25) is 0 Å². The third kappa shape index (κ3) is 3.67. The topological polar surface area (TPSA) is 38.9 Å². The smallest absolute Gasteiger partial charge is 0.0297 e. The Morgan fingerprint density at radius 2 is 2.11 bits per heavy atom. The summed E-state index contributed by atoms with van der Waals surface area (Å²) in [6, 6.07) is 3.95. The van der Waals surface area contributed by atoms with E-state index in [2.05, 4.69) is 10.7 Å². The van der Waals surface area contributed by atoms with Gasteiger partial charge >= 0.3 is 0 Å². The van der Waals surface area contributed by atoms with Crippen LogP contribution in [0.4, 0.5) is 0 Å². The van der Waals surface area contributed by atoms with Gasteiger partial charge in [-0.25, -0.2) is 0 Å². The summed E-state index contributed by atoms with van der Waals surface area (Å²) in [7, 11) is 1.50. The van der Waals surface area contributed by atoms with Gasteiger partial charge in [-0.3, -0.25) is 4.98 Å². The standard InChI is InChI=1S/C6H7N.CH5N/c1-6-3-2-4-7-5-6;1-2/h2-5H,1H3;2H2,1H3. The molecule has 0 spiro atoms. The summed E-state index contributed by atoms with van der Waals surface area (Å²) in [5, 5.41) is 0. The number of hydrogen-bond acceptors (Lipinski definition) is 2. The minimum Gasteiger partial charge on any atom is -0.333 e. The summed E-state index contributed by atoms with van der Waals surface area (Å²) in [5.74, 6) is 0. The first-order valence-corrected chi connectivity index (χ1v) is 2.84. The Morgan fingerprint density at radius 1 is 1.44 bits per heavy atom. The predicted octanol–water partition coefficient (Wildman–Crippen LogP) is 0.965. The van der Waals surface area contributed by atoms with Gasteiger partial charge in [0, 0.05) is 12.4 Å². The Morgan fingerprint density at radius 3 is 2.33 bits per heavy atom. The summed E-state index contributed by atoms with van der Waals surface area (Å²) < 4.78 is 0.